The zero-order valence-corrected chi connectivity index (χ0v) is 10.7. The van der Waals surface area contributed by atoms with Gasteiger partial charge >= 0.3 is 0 Å². The molecule has 0 bridgehead atoms. The number of carbonyl (C=O) groups is 1. The van der Waals surface area contributed by atoms with Gasteiger partial charge in [-0.3, -0.25) is 9.78 Å². The Bertz CT molecular complexity index is 386. The van der Waals surface area contributed by atoms with E-state index in [0.717, 1.165) is 25.7 Å². The molecule has 0 unspecified atom stereocenters. The lowest BCUT2D eigenvalue weighted by Crippen LogP contribution is -2.39. The van der Waals surface area contributed by atoms with Crippen LogP contribution in [0.1, 0.15) is 36.0 Å². The van der Waals surface area contributed by atoms with Gasteiger partial charge < -0.3 is 10.0 Å². The van der Waals surface area contributed by atoms with Gasteiger partial charge in [0.1, 0.15) is 0 Å². The van der Waals surface area contributed by atoms with Gasteiger partial charge in [0.15, 0.2) is 0 Å². The molecule has 0 atom stereocenters. The van der Waals surface area contributed by atoms with Gasteiger partial charge in [0.25, 0.3) is 5.91 Å². The summed E-state index contributed by atoms with van der Waals surface area (Å²) in [5.74, 6) is 0.457. The van der Waals surface area contributed by atoms with E-state index in [1.54, 1.807) is 24.5 Å². The molecule has 98 valence electrons. The molecule has 18 heavy (non-hydrogen) atoms. The number of amides is 1. The van der Waals surface area contributed by atoms with Gasteiger partial charge in [-0.15, -0.1) is 0 Å². The first-order valence-corrected chi connectivity index (χ1v) is 6.50. The Kier molecular flexibility index (Phi) is 4.31. The van der Waals surface area contributed by atoms with Gasteiger partial charge in [-0.05, 0) is 43.7 Å². The minimum absolute atomic E-state index is 0.0375. The van der Waals surface area contributed by atoms with Crippen LogP contribution in [0.2, 0.25) is 0 Å². The van der Waals surface area contributed by atoms with Crippen LogP contribution in [0.15, 0.2) is 24.5 Å². The number of hydrogen-bond acceptors (Lipinski definition) is 3. The zero-order valence-electron chi connectivity index (χ0n) is 10.7. The predicted octanol–water partition coefficient (Wildman–Crippen LogP) is 1.70. The third kappa shape index (κ3) is 2.88. The highest BCUT2D eigenvalue weighted by atomic mass is 16.3. The van der Waals surface area contributed by atoms with Crippen molar-refractivity contribution in [3.63, 3.8) is 0 Å². The number of pyridine rings is 1. The lowest BCUT2D eigenvalue weighted by molar-refractivity contribution is 0.0652. The topological polar surface area (TPSA) is 53.4 Å². The summed E-state index contributed by atoms with van der Waals surface area (Å²) < 4.78 is 0. The predicted molar refractivity (Wildman–Crippen MR) is 69.2 cm³/mol. The van der Waals surface area contributed by atoms with E-state index in [4.69, 9.17) is 5.11 Å². The van der Waals surface area contributed by atoms with Crippen molar-refractivity contribution in [1.82, 2.24) is 9.88 Å². The molecule has 0 saturated heterocycles. The monoisotopic (exact) mass is 248 g/mol. The van der Waals surface area contributed by atoms with Crippen LogP contribution in [0.3, 0.4) is 0 Å². The van der Waals surface area contributed by atoms with E-state index in [0.29, 0.717) is 17.5 Å². The molecule has 1 aromatic rings. The molecule has 1 amide bonds. The number of carbonyl (C=O) groups excluding carboxylic acids is 1. The van der Waals surface area contributed by atoms with E-state index in [9.17, 15) is 4.79 Å². The number of aromatic nitrogens is 1. The summed E-state index contributed by atoms with van der Waals surface area (Å²) in [6.07, 6.45) is 7.25. The van der Waals surface area contributed by atoms with Gasteiger partial charge in [0, 0.05) is 32.1 Å². The lowest BCUT2D eigenvalue weighted by atomic mass is 9.86. The van der Waals surface area contributed by atoms with E-state index in [1.165, 1.54) is 0 Å². The molecule has 1 heterocycles. The van der Waals surface area contributed by atoms with Crippen molar-refractivity contribution in [1.29, 1.82) is 0 Å². The Labute approximate surface area is 108 Å². The standard InChI is InChI=1S/C14H20N2O2/c1-16(13-6-4-11(10-17)5-7-13)14(18)12-3-2-8-15-9-12/h2-3,8-9,11,13,17H,4-7,10H2,1H3. The van der Waals surface area contributed by atoms with Gasteiger partial charge in [0.05, 0.1) is 5.56 Å². The molecule has 1 saturated carbocycles. The Balaban J connectivity index is 1.96. The molecule has 0 aromatic carbocycles. The van der Waals surface area contributed by atoms with Crippen LogP contribution in [0, 0.1) is 5.92 Å². The minimum atomic E-state index is 0.0375. The number of nitrogens with zero attached hydrogens (tertiary/aromatic N) is 2. The average molecular weight is 248 g/mol. The second-order valence-electron chi connectivity index (χ2n) is 5.01. The highest BCUT2D eigenvalue weighted by Crippen LogP contribution is 2.27. The molecule has 1 fully saturated rings. The molecule has 1 aromatic heterocycles. The van der Waals surface area contributed by atoms with E-state index >= 15 is 0 Å². The Hall–Kier alpha value is -1.42. The largest absolute Gasteiger partial charge is 0.396 e. The van der Waals surface area contributed by atoms with Crippen molar-refractivity contribution in [2.45, 2.75) is 31.7 Å². The maximum Gasteiger partial charge on any atom is 0.255 e. The van der Waals surface area contributed by atoms with Gasteiger partial charge in [0.2, 0.25) is 0 Å². The summed E-state index contributed by atoms with van der Waals surface area (Å²) in [5, 5.41) is 9.11. The van der Waals surface area contributed by atoms with E-state index in [1.807, 2.05) is 11.9 Å². The van der Waals surface area contributed by atoms with Crippen molar-refractivity contribution in [2.75, 3.05) is 13.7 Å². The first kappa shape index (κ1) is 13.0. The van der Waals surface area contributed by atoms with Crippen LogP contribution in [-0.4, -0.2) is 40.6 Å². The summed E-state index contributed by atoms with van der Waals surface area (Å²) in [6, 6.07) is 3.87. The van der Waals surface area contributed by atoms with Gasteiger partial charge in [-0.25, -0.2) is 0 Å². The van der Waals surface area contributed by atoms with Crippen LogP contribution in [0.5, 0.6) is 0 Å². The smallest absolute Gasteiger partial charge is 0.255 e. The maximum atomic E-state index is 12.2. The van der Waals surface area contributed by atoms with Crippen molar-refractivity contribution in [2.24, 2.45) is 5.92 Å². The fraction of sp³-hybridized carbons (Fsp3) is 0.571. The van der Waals surface area contributed by atoms with E-state index in [2.05, 4.69) is 4.98 Å². The average Bonchev–Trinajstić information content (AvgIpc) is 2.47. The third-order valence-corrected chi connectivity index (χ3v) is 3.85. The van der Waals surface area contributed by atoms with Crippen molar-refractivity contribution in [3.8, 4) is 0 Å². The van der Waals surface area contributed by atoms with E-state index < -0.39 is 0 Å². The lowest BCUT2D eigenvalue weighted by Gasteiger charge is -2.34. The fourth-order valence-corrected chi connectivity index (χ4v) is 2.57. The van der Waals surface area contributed by atoms with Crippen LogP contribution >= 0.6 is 0 Å². The Morgan fingerprint density at radius 3 is 2.72 bits per heavy atom. The SMILES string of the molecule is CN(C(=O)c1cccnc1)C1CCC(CO)CC1. The quantitative estimate of drug-likeness (QED) is 0.886. The molecule has 0 aliphatic heterocycles. The van der Waals surface area contributed by atoms with Crippen molar-refractivity contribution < 1.29 is 9.90 Å². The molecule has 1 aliphatic carbocycles. The molecular formula is C14H20N2O2. The number of aliphatic hydroxyl groups is 1. The van der Waals surface area contributed by atoms with Crippen LogP contribution in [-0.2, 0) is 0 Å². The van der Waals surface area contributed by atoms with E-state index in [-0.39, 0.29) is 12.5 Å². The van der Waals surface area contributed by atoms with Crippen molar-refractivity contribution in [3.05, 3.63) is 30.1 Å². The molecule has 4 nitrogen and oxygen atoms in total. The van der Waals surface area contributed by atoms with Crippen molar-refractivity contribution >= 4 is 5.91 Å². The molecule has 4 heteroatoms. The molecule has 2 rings (SSSR count). The van der Waals surface area contributed by atoms with Gasteiger partial charge in [-0.1, -0.05) is 0 Å². The highest BCUT2D eigenvalue weighted by molar-refractivity contribution is 5.93. The molecule has 1 aliphatic rings. The first-order chi connectivity index (χ1) is 8.72. The fourth-order valence-electron chi connectivity index (χ4n) is 2.57. The number of rotatable bonds is 3. The van der Waals surface area contributed by atoms with Crippen LogP contribution in [0.25, 0.3) is 0 Å². The summed E-state index contributed by atoms with van der Waals surface area (Å²) in [7, 11) is 1.86. The first-order valence-electron chi connectivity index (χ1n) is 6.50. The molecule has 0 radical (unpaired) electrons. The molecule has 0 spiro atoms. The summed E-state index contributed by atoms with van der Waals surface area (Å²) in [5.41, 5.74) is 0.643. The second-order valence-corrected chi connectivity index (χ2v) is 5.01. The van der Waals surface area contributed by atoms with Crippen LogP contribution in [0.4, 0.5) is 0 Å². The number of aliphatic hydroxyl groups excluding tert-OH is 1. The summed E-state index contributed by atoms with van der Waals surface area (Å²) >= 11 is 0. The molecular weight excluding hydrogens is 228 g/mol. The normalized spacial score (nSPS) is 23.7. The van der Waals surface area contributed by atoms with Gasteiger partial charge in [-0.2, -0.15) is 0 Å². The second kappa shape index (κ2) is 5.96. The third-order valence-electron chi connectivity index (χ3n) is 3.85. The summed E-state index contributed by atoms with van der Waals surface area (Å²) in [6.45, 7) is 0.271. The Morgan fingerprint density at radius 2 is 2.17 bits per heavy atom. The summed E-state index contributed by atoms with van der Waals surface area (Å²) in [4.78, 5) is 18.0. The highest BCUT2D eigenvalue weighted by Gasteiger charge is 2.26. The Morgan fingerprint density at radius 1 is 1.44 bits per heavy atom. The maximum absolute atomic E-state index is 12.2. The molecule has 1 N–H and O–H groups in total. The number of hydrogen-bond donors (Lipinski definition) is 1. The zero-order chi connectivity index (χ0) is 13.0. The minimum Gasteiger partial charge on any atom is -0.396 e. The van der Waals surface area contributed by atoms with Crippen LogP contribution < -0.4 is 0 Å².